The second-order valence-electron chi connectivity index (χ2n) is 6.33. The van der Waals surface area contributed by atoms with E-state index in [2.05, 4.69) is 15.6 Å². The Hall–Kier alpha value is -3.00. The van der Waals surface area contributed by atoms with Crippen LogP contribution in [-0.4, -0.2) is 44.3 Å². The lowest BCUT2D eigenvalue weighted by molar-refractivity contribution is 0.0385. The van der Waals surface area contributed by atoms with Crippen LogP contribution < -0.4 is 15.4 Å². The Morgan fingerprint density at radius 3 is 2.68 bits per heavy atom. The topological polar surface area (TPSA) is 105 Å². The molecule has 0 spiro atoms. The van der Waals surface area contributed by atoms with Gasteiger partial charge in [0.1, 0.15) is 22.7 Å². The third-order valence-corrected chi connectivity index (χ3v) is 4.09. The maximum Gasteiger partial charge on any atom is 0.341 e. The first-order chi connectivity index (χ1) is 13.4. The van der Waals surface area contributed by atoms with Crippen molar-refractivity contribution in [3.63, 3.8) is 0 Å². The Labute approximate surface area is 164 Å². The smallest absolute Gasteiger partial charge is 0.341 e. The Morgan fingerprint density at radius 2 is 2.07 bits per heavy atom. The molecule has 1 aromatic carbocycles. The summed E-state index contributed by atoms with van der Waals surface area (Å²) in [6.07, 6.45) is 1.52. The highest BCUT2D eigenvalue weighted by Crippen LogP contribution is 2.22. The fourth-order valence-corrected chi connectivity index (χ4v) is 2.56. The molecule has 0 aliphatic rings. The maximum absolute atomic E-state index is 11.9. The Bertz CT molecular complexity index is 800. The van der Waals surface area contributed by atoms with E-state index in [1.165, 1.54) is 20.5 Å². The van der Waals surface area contributed by atoms with Gasteiger partial charge in [-0.25, -0.2) is 9.79 Å². The number of nitrogens with one attached hydrogen (secondary N) is 2. The number of benzene rings is 1. The number of methoxy groups -OCH3 is 2. The van der Waals surface area contributed by atoms with Crippen molar-refractivity contribution >= 4 is 11.9 Å². The molecule has 0 radical (unpaired) electrons. The van der Waals surface area contributed by atoms with Gasteiger partial charge in [-0.05, 0) is 43.7 Å². The summed E-state index contributed by atoms with van der Waals surface area (Å²) in [5.74, 6) is 0.972. The van der Waals surface area contributed by atoms with E-state index < -0.39 is 11.6 Å². The molecule has 0 aliphatic carbocycles. The Balaban J connectivity index is 2.11. The molecule has 0 fully saturated rings. The van der Waals surface area contributed by atoms with E-state index in [-0.39, 0.29) is 6.54 Å². The average Bonchev–Trinajstić information content (AvgIpc) is 3.25. The fraction of sp³-hybridized carbons (Fsp3) is 0.400. The highest BCUT2D eigenvalue weighted by Gasteiger charge is 2.26. The molecule has 0 amide bonds. The summed E-state index contributed by atoms with van der Waals surface area (Å²) in [5, 5.41) is 16.8. The molecule has 0 aliphatic heterocycles. The summed E-state index contributed by atoms with van der Waals surface area (Å²) in [5.41, 5.74) is -0.0229. The molecule has 0 saturated carbocycles. The van der Waals surface area contributed by atoms with E-state index in [4.69, 9.17) is 13.9 Å². The lowest BCUT2D eigenvalue weighted by Crippen LogP contribution is -2.44. The molecule has 28 heavy (non-hydrogen) atoms. The number of ether oxygens (including phenoxy) is 2. The minimum absolute atomic E-state index is 0.211. The molecule has 8 heteroatoms. The largest absolute Gasteiger partial charge is 0.496 e. The highest BCUT2D eigenvalue weighted by molar-refractivity contribution is 5.92. The van der Waals surface area contributed by atoms with Crippen molar-refractivity contribution < 1.29 is 23.8 Å². The number of aliphatic hydroxyl groups is 1. The molecule has 152 valence electrons. The molecule has 0 saturated heterocycles. The third-order valence-electron chi connectivity index (χ3n) is 4.09. The second kappa shape index (κ2) is 9.80. The molecular formula is C20H27N3O5. The number of hydrogen-bond acceptors (Lipinski definition) is 6. The van der Waals surface area contributed by atoms with E-state index in [0.717, 1.165) is 5.56 Å². The van der Waals surface area contributed by atoms with Crippen LogP contribution in [0.1, 0.15) is 35.5 Å². The maximum atomic E-state index is 11.9. The quantitative estimate of drug-likeness (QED) is 0.360. The molecule has 2 aromatic rings. The van der Waals surface area contributed by atoms with Gasteiger partial charge in [-0.15, -0.1) is 0 Å². The molecule has 1 heterocycles. The minimum Gasteiger partial charge on any atom is -0.496 e. The number of aliphatic imine (C=N–C) groups is 1. The number of esters is 1. The first kappa shape index (κ1) is 21.3. The molecule has 1 unspecified atom stereocenters. The lowest BCUT2D eigenvalue weighted by Gasteiger charge is -2.22. The van der Waals surface area contributed by atoms with Crippen molar-refractivity contribution in [2.24, 2.45) is 4.99 Å². The van der Waals surface area contributed by atoms with E-state index in [1.54, 1.807) is 31.2 Å². The monoisotopic (exact) mass is 389 g/mol. The van der Waals surface area contributed by atoms with Gasteiger partial charge in [0.2, 0.25) is 0 Å². The van der Waals surface area contributed by atoms with Gasteiger partial charge in [0, 0.05) is 6.54 Å². The zero-order chi connectivity index (χ0) is 20.6. The van der Waals surface area contributed by atoms with E-state index in [0.29, 0.717) is 36.1 Å². The number of carbonyl (C=O) groups excluding carboxylic acids is 1. The van der Waals surface area contributed by atoms with Crippen molar-refractivity contribution in [3.05, 3.63) is 53.5 Å². The van der Waals surface area contributed by atoms with Gasteiger partial charge in [-0.1, -0.05) is 6.07 Å². The standard InChI is InChI=1S/C20H27N3O5/c1-5-21-19(23-13-20(2,25)17-7-6-10-28-17)22-12-14-8-9-16(26-3)15(11-14)18(24)27-4/h6-11,25H,5,12-13H2,1-4H3,(H2,21,22,23). The van der Waals surface area contributed by atoms with Crippen molar-refractivity contribution in [3.8, 4) is 5.75 Å². The van der Waals surface area contributed by atoms with Gasteiger partial charge in [-0.2, -0.15) is 0 Å². The van der Waals surface area contributed by atoms with Gasteiger partial charge in [0.15, 0.2) is 5.96 Å². The Morgan fingerprint density at radius 1 is 1.29 bits per heavy atom. The SMILES string of the molecule is CCNC(=NCc1ccc(OC)c(C(=O)OC)c1)NCC(C)(O)c1ccco1. The molecule has 1 atom stereocenters. The normalized spacial score (nSPS) is 13.5. The van der Waals surface area contributed by atoms with Gasteiger partial charge in [-0.3, -0.25) is 0 Å². The first-order valence-corrected chi connectivity index (χ1v) is 8.95. The van der Waals surface area contributed by atoms with Crippen LogP contribution >= 0.6 is 0 Å². The van der Waals surface area contributed by atoms with Crippen LogP contribution in [0.2, 0.25) is 0 Å². The summed E-state index contributed by atoms with van der Waals surface area (Å²) < 4.78 is 15.3. The number of furan rings is 1. The van der Waals surface area contributed by atoms with Crippen molar-refractivity contribution in [1.29, 1.82) is 0 Å². The van der Waals surface area contributed by atoms with Crippen LogP contribution in [0.15, 0.2) is 46.0 Å². The fourth-order valence-electron chi connectivity index (χ4n) is 2.56. The summed E-state index contributed by atoms with van der Waals surface area (Å²) in [6, 6.07) is 8.68. The van der Waals surface area contributed by atoms with Crippen molar-refractivity contribution in [2.75, 3.05) is 27.3 Å². The molecule has 3 N–H and O–H groups in total. The second-order valence-corrected chi connectivity index (χ2v) is 6.33. The van der Waals surface area contributed by atoms with Crippen molar-refractivity contribution in [2.45, 2.75) is 26.0 Å². The summed E-state index contributed by atoms with van der Waals surface area (Å²) in [6.45, 7) is 4.80. The molecule has 0 bridgehead atoms. The average molecular weight is 389 g/mol. The van der Waals surface area contributed by atoms with E-state index in [1.807, 2.05) is 13.0 Å². The zero-order valence-corrected chi connectivity index (χ0v) is 16.6. The van der Waals surface area contributed by atoms with E-state index >= 15 is 0 Å². The van der Waals surface area contributed by atoms with Crippen LogP contribution in [0.4, 0.5) is 0 Å². The number of hydrogen-bond donors (Lipinski definition) is 3. The van der Waals surface area contributed by atoms with Gasteiger partial charge < -0.3 is 29.6 Å². The minimum atomic E-state index is -1.18. The number of nitrogens with zero attached hydrogens (tertiary/aromatic N) is 1. The van der Waals surface area contributed by atoms with Crippen LogP contribution in [-0.2, 0) is 16.9 Å². The van der Waals surface area contributed by atoms with Crippen molar-refractivity contribution in [1.82, 2.24) is 10.6 Å². The molecular weight excluding hydrogens is 362 g/mol. The predicted octanol–water partition coefficient (Wildman–Crippen LogP) is 2.04. The summed E-state index contributed by atoms with van der Waals surface area (Å²) in [7, 11) is 2.82. The number of carbonyl (C=O) groups is 1. The predicted molar refractivity (Wildman–Crippen MR) is 105 cm³/mol. The summed E-state index contributed by atoms with van der Waals surface area (Å²) in [4.78, 5) is 16.4. The van der Waals surface area contributed by atoms with Gasteiger partial charge in [0.05, 0.1) is 33.6 Å². The molecule has 8 nitrogen and oxygen atoms in total. The molecule has 2 rings (SSSR count). The lowest BCUT2D eigenvalue weighted by atomic mass is 10.0. The summed E-state index contributed by atoms with van der Waals surface area (Å²) >= 11 is 0. The number of guanidine groups is 1. The zero-order valence-electron chi connectivity index (χ0n) is 16.6. The van der Waals surface area contributed by atoms with Gasteiger partial charge in [0.25, 0.3) is 0 Å². The highest BCUT2D eigenvalue weighted by atomic mass is 16.5. The number of rotatable bonds is 8. The van der Waals surface area contributed by atoms with Crippen LogP contribution in [0.3, 0.4) is 0 Å². The molecule has 1 aromatic heterocycles. The van der Waals surface area contributed by atoms with Gasteiger partial charge >= 0.3 is 5.97 Å². The van der Waals surface area contributed by atoms with Crippen LogP contribution in [0.25, 0.3) is 0 Å². The van der Waals surface area contributed by atoms with Crippen LogP contribution in [0.5, 0.6) is 5.75 Å². The first-order valence-electron chi connectivity index (χ1n) is 8.95. The Kier molecular flexibility index (Phi) is 7.45. The third kappa shape index (κ3) is 5.50. The van der Waals surface area contributed by atoms with Crippen LogP contribution in [0, 0.1) is 0 Å². The van der Waals surface area contributed by atoms with E-state index in [9.17, 15) is 9.90 Å².